The number of aliphatic carboxylic acids is 1. The molecule has 0 bridgehead atoms. The highest BCUT2D eigenvalue weighted by Gasteiger charge is 2.28. The smallest absolute Gasteiger partial charge is 0.328 e. The summed E-state index contributed by atoms with van der Waals surface area (Å²) in [5.74, 6) is -0.827. The fourth-order valence-corrected chi connectivity index (χ4v) is 2.97. The van der Waals surface area contributed by atoms with Gasteiger partial charge < -0.3 is 15.2 Å². The standard InChI is InChI=1S/C12H15N3O5S/c1-3-8(11(16)17)13-12-14-9-5-4-7(20-2)6-10(9)21(18,19)15-12/h4-6,8H,3H2,1-2H3,(H,16,17)(H2,13,14,15). The second kappa shape index (κ2) is 5.60. The van der Waals surface area contributed by atoms with Gasteiger partial charge in [0, 0.05) is 6.07 Å². The predicted octanol–water partition coefficient (Wildman–Crippen LogP) is 0.618. The lowest BCUT2D eigenvalue weighted by Crippen LogP contribution is -2.42. The number of hydrogen-bond donors (Lipinski definition) is 3. The number of rotatable bonds is 4. The van der Waals surface area contributed by atoms with Crippen molar-refractivity contribution in [1.82, 2.24) is 4.72 Å². The number of sulfonamides is 1. The number of carbonyl (C=O) groups is 1. The van der Waals surface area contributed by atoms with Crippen molar-refractivity contribution in [2.75, 3.05) is 12.4 Å². The van der Waals surface area contributed by atoms with Gasteiger partial charge in [-0.05, 0) is 18.6 Å². The zero-order valence-corrected chi connectivity index (χ0v) is 12.3. The largest absolute Gasteiger partial charge is 0.497 e. The Labute approximate surface area is 121 Å². The third kappa shape index (κ3) is 3.07. The van der Waals surface area contributed by atoms with Gasteiger partial charge in [0.2, 0.25) is 5.96 Å². The molecule has 1 aromatic rings. The van der Waals surface area contributed by atoms with Gasteiger partial charge in [-0.25, -0.2) is 22.9 Å². The van der Waals surface area contributed by atoms with Crippen molar-refractivity contribution in [2.45, 2.75) is 24.3 Å². The summed E-state index contributed by atoms with van der Waals surface area (Å²) in [4.78, 5) is 14.9. The maximum absolute atomic E-state index is 12.2. The zero-order chi connectivity index (χ0) is 15.6. The van der Waals surface area contributed by atoms with Crippen LogP contribution in [0.3, 0.4) is 0 Å². The topological polar surface area (TPSA) is 117 Å². The molecule has 21 heavy (non-hydrogen) atoms. The molecule has 2 rings (SSSR count). The van der Waals surface area contributed by atoms with Gasteiger partial charge in [-0.3, -0.25) is 0 Å². The van der Waals surface area contributed by atoms with E-state index in [0.29, 0.717) is 11.4 Å². The molecule has 3 N–H and O–H groups in total. The number of carboxylic acids is 1. The molecular weight excluding hydrogens is 298 g/mol. The lowest BCUT2D eigenvalue weighted by Gasteiger charge is -2.22. The van der Waals surface area contributed by atoms with E-state index in [1.165, 1.54) is 19.2 Å². The van der Waals surface area contributed by atoms with Crippen molar-refractivity contribution >= 4 is 27.6 Å². The molecule has 1 atom stereocenters. The van der Waals surface area contributed by atoms with Crippen LogP contribution in [0.5, 0.6) is 5.75 Å². The van der Waals surface area contributed by atoms with E-state index < -0.39 is 22.0 Å². The number of carboxylic acid groups (broad SMARTS) is 1. The van der Waals surface area contributed by atoms with E-state index in [1.807, 2.05) is 0 Å². The molecule has 0 radical (unpaired) electrons. The fourth-order valence-electron chi connectivity index (χ4n) is 1.83. The molecule has 1 aromatic carbocycles. The van der Waals surface area contributed by atoms with E-state index >= 15 is 0 Å². The minimum absolute atomic E-state index is 0.0178. The summed E-state index contributed by atoms with van der Waals surface area (Å²) >= 11 is 0. The molecule has 0 aromatic heterocycles. The lowest BCUT2D eigenvalue weighted by molar-refractivity contribution is -0.138. The van der Waals surface area contributed by atoms with Gasteiger partial charge in [-0.15, -0.1) is 0 Å². The van der Waals surface area contributed by atoms with Crippen molar-refractivity contribution in [3.63, 3.8) is 0 Å². The Bertz CT molecular complexity index is 699. The number of hydrogen-bond acceptors (Lipinski definition) is 5. The van der Waals surface area contributed by atoms with E-state index in [0.717, 1.165) is 0 Å². The number of guanidine groups is 1. The molecule has 1 unspecified atom stereocenters. The Morgan fingerprint density at radius 3 is 2.76 bits per heavy atom. The first-order chi connectivity index (χ1) is 9.87. The van der Waals surface area contributed by atoms with Crippen LogP contribution < -0.4 is 14.8 Å². The maximum Gasteiger partial charge on any atom is 0.328 e. The molecule has 0 saturated carbocycles. The van der Waals surface area contributed by atoms with E-state index in [1.54, 1.807) is 13.0 Å². The van der Waals surface area contributed by atoms with Crippen LogP contribution in [0, 0.1) is 0 Å². The summed E-state index contributed by atoms with van der Waals surface area (Å²) in [5.41, 5.74) is 0.313. The van der Waals surface area contributed by atoms with Gasteiger partial charge in [0.15, 0.2) is 6.04 Å². The number of methoxy groups -OCH3 is 1. The molecule has 0 spiro atoms. The van der Waals surface area contributed by atoms with Crippen LogP contribution in [0.1, 0.15) is 13.3 Å². The third-order valence-corrected chi connectivity index (χ3v) is 4.30. The number of anilines is 1. The Morgan fingerprint density at radius 1 is 1.48 bits per heavy atom. The molecule has 1 aliphatic heterocycles. The normalized spacial score (nSPS) is 19.0. The Hall–Kier alpha value is -2.29. The highest BCUT2D eigenvalue weighted by Crippen LogP contribution is 2.28. The summed E-state index contributed by atoms with van der Waals surface area (Å²) in [5, 5.41) is 11.7. The first kappa shape index (κ1) is 15.1. The summed E-state index contributed by atoms with van der Waals surface area (Å²) in [6, 6.07) is 3.48. The van der Waals surface area contributed by atoms with Crippen LogP contribution in [-0.4, -0.2) is 38.6 Å². The lowest BCUT2D eigenvalue weighted by atomic mass is 10.2. The summed E-state index contributed by atoms with van der Waals surface area (Å²) in [7, 11) is -2.39. The molecule has 0 aliphatic carbocycles. The van der Waals surface area contributed by atoms with Crippen LogP contribution in [0.25, 0.3) is 0 Å². The number of nitrogens with zero attached hydrogens (tertiary/aromatic N) is 1. The van der Waals surface area contributed by atoms with Crippen LogP contribution >= 0.6 is 0 Å². The van der Waals surface area contributed by atoms with Crippen LogP contribution in [-0.2, 0) is 14.8 Å². The minimum atomic E-state index is -3.82. The summed E-state index contributed by atoms with van der Waals surface area (Å²) < 4.78 is 31.5. The van der Waals surface area contributed by atoms with Gasteiger partial charge in [0.1, 0.15) is 10.6 Å². The zero-order valence-electron chi connectivity index (χ0n) is 11.5. The van der Waals surface area contributed by atoms with Crippen LogP contribution in [0.2, 0.25) is 0 Å². The van der Waals surface area contributed by atoms with Gasteiger partial charge in [0.05, 0.1) is 12.8 Å². The van der Waals surface area contributed by atoms with Crippen molar-refractivity contribution in [3.8, 4) is 5.75 Å². The maximum atomic E-state index is 12.2. The number of fused-ring (bicyclic) bond motifs is 1. The van der Waals surface area contributed by atoms with Crippen molar-refractivity contribution in [2.24, 2.45) is 4.99 Å². The van der Waals surface area contributed by atoms with Crippen molar-refractivity contribution in [3.05, 3.63) is 18.2 Å². The molecule has 1 heterocycles. The SMILES string of the molecule is CCC(N=C1Nc2ccc(OC)cc2S(=O)(=O)N1)C(=O)O. The first-order valence-corrected chi connectivity index (χ1v) is 7.64. The predicted molar refractivity (Wildman–Crippen MR) is 76.1 cm³/mol. The molecule has 0 amide bonds. The van der Waals surface area contributed by atoms with Gasteiger partial charge in [-0.1, -0.05) is 6.92 Å². The van der Waals surface area contributed by atoms with Gasteiger partial charge in [-0.2, -0.15) is 0 Å². The average Bonchev–Trinajstić information content (AvgIpc) is 2.43. The van der Waals surface area contributed by atoms with E-state index in [-0.39, 0.29) is 17.3 Å². The highest BCUT2D eigenvalue weighted by atomic mass is 32.2. The van der Waals surface area contributed by atoms with E-state index in [2.05, 4.69) is 15.0 Å². The van der Waals surface area contributed by atoms with Crippen molar-refractivity contribution < 1.29 is 23.1 Å². The van der Waals surface area contributed by atoms with E-state index in [4.69, 9.17) is 9.84 Å². The van der Waals surface area contributed by atoms with Gasteiger partial charge in [0.25, 0.3) is 10.0 Å². The Balaban J connectivity index is 2.42. The second-order valence-corrected chi connectivity index (χ2v) is 5.98. The number of aliphatic imine (C=N–C) groups is 1. The monoisotopic (exact) mass is 313 g/mol. The summed E-state index contributed by atoms with van der Waals surface area (Å²) in [6.45, 7) is 1.65. The second-order valence-electron chi connectivity index (χ2n) is 4.33. The van der Waals surface area contributed by atoms with Gasteiger partial charge >= 0.3 is 5.97 Å². The quantitative estimate of drug-likeness (QED) is 0.750. The van der Waals surface area contributed by atoms with Crippen LogP contribution in [0.15, 0.2) is 28.1 Å². The number of ether oxygens (including phenoxy) is 1. The highest BCUT2D eigenvalue weighted by molar-refractivity contribution is 7.90. The first-order valence-electron chi connectivity index (χ1n) is 6.16. The molecule has 9 heteroatoms. The molecule has 8 nitrogen and oxygen atoms in total. The number of nitrogens with one attached hydrogen (secondary N) is 2. The Kier molecular flexibility index (Phi) is 4.03. The molecule has 1 aliphatic rings. The average molecular weight is 313 g/mol. The summed E-state index contributed by atoms with van der Waals surface area (Å²) in [6.07, 6.45) is 0.248. The van der Waals surface area contributed by atoms with E-state index in [9.17, 15) is 13.2 Å². The molecule has 114 valence electrons. The molecular formula is C12H15N3O5S. The molecule has 0 fully saturated rings. The van der Waals surface area contributed by atoms with Crippen LogP contribution in [0.4, 0.5) is 5.69 Å². The minimum Gasteiger partial charge on any atom is -0.497 e. The molecule has 0 saturated heterocycles. The Morgan fingerprint density at radius 2 is 2.19 bits per heavy atom. The fraction of sp³-hybridized carbons (Fsp3) is 0.333. The number of benzene rings is 1. The third-order valence-electron chi connectivity index (χ3n) is 2.92. The van der Waals surface area contributed by atoms with Crippen molar-refractivity contribution in [1.29, 1.82) is 0 Å².